The summed E-state index contributed by atoms with van der Waals surface area (Å²) in [5.41, 5.74) is 3.82. The van der Waals surface area contributed by atoms with Crippen molar-refractivity contribution < 1.29 is 14.3 Å². The maximum atomic E-state index is 12.4. The number of aliphatic imine (C=N–C) groups is 1. The quantitative estimate of drug-likeness (QED) is 0.157. The molecule has 3 aromatic rings. The Hall–Kier alpha value is -1.68. The Morgan fingerprint density at radius 3 is 2.56 bits per heavy atom. The SMILES string of the molecule is Cc1ccccc1COc1c(Br)cc(/C=C2\N=C(c3cc(I)ccc3Cl)OC2=O)cc1Br. The van der Waals surface area contributed by atoms with Crippen LogP contribution in [0.1, 0.15) is 22.3 Å². The number of aryl methyl sites for hydroxylation is 1. The summed E-state index contributed by atoms with van der Waals surface area (Å²) in [6.45, 7) is 2.50. The van der Waals surface area contributed by atoms with Gasteiger partial charge in [-0.25, -0.2) is 9.79 Å². The number of carbonyl (C=O) groups is 1. The molecule has 0 aromatic heterocycles. The van der Waals surface area contributed by atoms with Gasteiger partial charge in [0.15, 0.2) is 5.70 Å². The van der Waals surface area contributed by atoms with Crippen LogP contribution in [0.2, 0.25) is 5.02 Å². The van der Waals surface area contributed by atoms with Crippen molar-refractivity contribution in [3.8, 4) is 5.75 Å². The second-order valence-corrected chi connectivity index (χ2v) is 10.4. The van der Waals surface area contributed by atoms with Gasteiger partial charge in [0.2, 0.25) is 5.90 Å². The molecule has 0 fully saturated rings. The predicted molar refractivity (Wildman–Crippen MR) is 142 cm³/mol. The number of hydrogen-bond acceptors (Lipinski definition) is 4. The van der Waals surface area contributed by atoms with Crippen LogP contribution in [-0.2, 0) is 16.1 Å². The molecule has 1 aliphatic rings. The molecule has 0 amide bonds. The molecule has 0 saturated carbocycles. The van der Waals surface area contributed by atoms with Crippen molar-refractivity contribution in [2.24, 2.45) is 4.99 Å². The maximum Gasteiger partial charge on any atom is 0.363 e. The van der Waals surface area contributed by atoms with Crippen molar-refractivity contribution in [1.82, 2.24) is 0 Å². The molecule has 1 aliphatic heterocycles. The van der Waals surface area contributed by atoms with Crippen LogP contribution in [0.3, 0.4) is 0 Å². The van der Waals surface area contributed by atoms with Gasteiger partial charge in [0.05, 0.1) is 19.5 Å². The summed E-state index contributed by atoms with van der Waals surface area (Å²) in [4.78, 5) is 16.7. The minimum absolute atomic E-state index is 0.195. The van der Waals surface area contributed by atoms with Crippen LogP contribution in [-0.4, -0.2) is 11.9 Å². The number of esters is 1. The summed E-state index contributed by atoms with van der Waals surface area (Å²) in [6.07, 6.45) is 1.66. The van der Waals surface area contributed by atoms with E-state index < -0.39 is 5.97 Å². The van der Waals surface area contributed by atoms with E-state index in [0.717, 1.165) is 23.6 Å². The Labute approximate surface area is 221 Å². The molecule has 1 heterocycles. The molecule has 162 valence electrons. The third-order valence-corrected chi connectivity index (χ3v) is 6.92. The van der Waals surface area contributed by atoms with Gasteiger partial charge in [-0.15, -0.1) is 0 Å². The molecular weight excluding hydrogens is 672 g/mol. The highest BCUT2D eigenvalue weighted by Gasteiger charge is 2.26. The van der Waals surface area contributed by atoms with E-state index in [1.807, 2.05) is 42.5 Å². The Morgan fingerprint density at radius 2 is 1.84 bits per heavy atom. The van der Waals surface area contributed by atoms with Crippen LogP contribution in [0.25, 0.3) is 6.08 Å². The number of rotatable bonds is 5. The molecule has 4 rings (SSSR count). The molecule has 8 heteroatoms. The Bertz CT molecular complexity index is 1270. The summed E-state index contributed by atoms with van der Waals surface area (Å²) in [5, 5.41) is 0.471. The standard InChI is InChI=1S/C24H15Br2ClINO3/c1-13-4-2-3-5-15(13)12-31-22-18(25)8-14(9-19(22)26)10-21-24(30)32-23(29-21)17-11-16(28)6-7-20(17)27/h2-11H,12H2,1H3/b21-10-. The first-order valence-corrected chi connectivity index (χ1v) is 12.5. The Morgan fingerprint density at radius 1 is 1.12 bits per heavy atom. The molecule has 3 aromatic carbocycles. The average molecular weight is 688 g/mol. The second-order valence-electron chi connectivity index (χ2n) is 6.99. The van der Waals surface area contributed by atoms with E-state index >= 15 is 0 Å². The van der Waals surface area contributed by atoms with Gasteiger partial charge in [-0.3, -0.25) is 0 Å². The summed E-state index contributed by atoms with van der Waals surface area (Å²) in [6, 6.07) is 17.3. The molecule has 0 aliphatic carbocycles. The smallest absolute Gasteiger partial charge is 0.363 e. The van der Waals surface area contributed by atoms with Gasteiger partial charge in [0.25, 0.3) is 0 Å². The van der Waals surface area contributed by atoms with E-state index in [4.69, 9.17) is 21.1 Å². The summed E-state index contributed by atoms with van der Waals surface area (Å²) >= 11 is 15.6. The molecular formula is C24H15Br2ClINO3. The van der Waals surface area contributed by atoms with Crippen molar-refractivity contribution >= 4 is 84.0 Å². The highest BCUT2D eigenvalue weighted by molar-refractivity contribution is 14.1. The van der Waals surface area contributed by atoms with Crippen LogP contribution in [0, 0.1) is 10.5 Å². The number of carbonyl (C=O) groups excluding carboxylic acids is 1. The first kappa shape index (κ1) is 23.5. The van der Waals surface area contributed by atoms with Crippen molar-refractivity contribution in [3.63, 3.8) is 0 Å². The van der Waals surface area contributed by atoms with E-state index in [9.17, 15) is 4.79 Å². The molecule has 0 N–H and O–H groups in total. The predicted octanol–water partition coefficient (Wildman–Crippen LogP) is 7.70. The third kappa shape index (κ3) is 5.27. The van der Waals surface area contributed by atoms with Crippen molar-refractivity contribution in [1.29, 1.82) is 0 Å². The molecule has 0 bridgehead atoms. The number of hydrogen-bond donors (Lipinski definition) is 0. The number of benzene rings is 3. The molecule has 4 nitrogen and oxygen atoms in total. The molecule has 0 saturated heterocycles. The Kier molecular flexibility index (Phi) is 7.39. The second kappa shape index (κ2) is 10.1. The maximum absolute atomic E-state index is 12.4. The molecule has 0 unspecified atom stereocenters. The fraction of sp³-hybridized carbons (Fsp3) is 0.0833. The number of nitrogens with zero attached hydrogens (tertiary/aromatic N) is 1. The van der Waals surface area contributed by atoms with E-state index in [1.54, 1.807) is 12.1 Å². The summed E-state index contributed by atoms with van der Waals surface area (Å²) < 4.78 is 13.9. The highest BCUT2D eigenvalue weighted by atomic mass is 127. The fourth-order valence-corrected chi connectivity index (χ4v) is 5.21. The zero-order valence-corrected chi connectivity index (χ0v) is 22.7. The van der Waals surface area contributed by atoms with Crippen molar-refractivity contribution in [2.75, 3.05) is 0 Å². The minimum Gasteiger partial charge on any atom is -0.487 e. The first-order chi connectivity index (χ1) is 15.3. The van der Waals surface area contributed by atoms with Crippen LogP contribution in [0.5, 0.6) is 5.75 Å². The van der Waals surface area contributed by atoms with Gasteiger partial charge >= 0.3 is 5.97 Å². The fourth-order valence-electron chi connectivity index (χ4n) is 3.07. The normalized spacial score (nSPS) is 14.5. The van der Waals surface area contributed by atoms with Gasteiger partial charge in [-0.2, -0.15) is 0 Å². The van der Waals surface area contributed by atoms with Crippen LogP contribution in [0.4, 0.5) is 0 Å². The van der Waals surface area contributed by atoms with E-state index in [0.29, 0.717) is 22.9 Å². The topological polar surface area (TPSA) is 47.9 Å². The lowest BCUT2D eigenvalue weighted by molar-refractivity contribution is -0.129. The van der Waals surface area contributed by atoms with Gasteiger partial charge < -0.3 is 9.47 Å². The van der Waals surface area contributed by atoms with Crippen LogP contribution in [0.15, 0.2) is 74.2 Å². The van der Waals surface area contributed by atoms with E-state index in [-0.39, 0.29) is 11.6 Å². The lowest BCUT2D eigenvalue weighted by Crippen LogP contribution is -2.06. The average Bonchev–Trinajstić information content (AvgIpc) is 3.10. The number of cyclic esters (lactones) is 1. The van der Waals surface area contributed by atoms with Gasteiger partial charge in [0, 0.05) is 3.57 Å². The molecule has 0 radical (unpaired) electrons. The lowest BCUT2D eigenvalue weighted by atomic mass is 10.1. The van der Waals surface area contributed by atoms with Crippen molar-refractivity contribution in [2.45, 2.75) is 13.5 Å². The molecule has 32 heavy (non-hydrogen) atoms. The summed E-state index contributed by atoms with van der Waals surface area (Å²) in [7, 11) is 0. The third-order valence-electron chi connectivity index (χ3n) is 4.74. The van der Waals surface area contributed by atoms with Gasteiger partial charge in [-0.05, 0) is 114 Å². The van der Waals surface area contributed by atoms with Gasteiger partial charge in [0.1, 0.15) is 12.4 Å². The van der Waals surface area contributed by atoms with E-state index in [1.165, 1.54) is 5.56 Å². The summed E-state index contributed by atoms with van der Waals surface area (Å²) in [5.74, 6) is 0.349. The van der Waals surface area contributed by atoms with Crippen LogP contribution < -0.4 is 4.74 Å². The Balaban J connectivity index is 1.59. The van der Waals surface area contributed by atoms with Crippen LogP contribution >= 0.6 is 66.1 Å². The zero-order chi connectivity index (χ0) is 22.8. The van der Waals surface area contributed by atoms with Gasteiger partial charge in [-0.1, -0.05) is 35.9 Å². The highest BCUT2D eigenvalue weighted by Crippen LogP contribution is 2.36. The van der Waals surface area contributed by atoms with Crippen molar-refractivity contribution in [3.05, 3.63) is 100 Å². The lowest BCUT2D eigenvalue weighted by Gasteiger charge is -2.12. The minimum atomic E-state index is -0.526. The first-order valence-electron chi connectivity index (χ1n) is 9.46. The molecule has 0 atom stereocenters. The largest absolute Gasteiger partial charge is 0.487 e. The zero-order valence-electron chi connectivity index (χ0n) is 16.7. The molecule has 0 spiro atoms. The van der Waals surface area contributed by atoms with E-state index in [2.05, 4.69) is 72.4 Å². The number of halogens is 4. The monoisotopic (exact) mass is 685 g/mol. The number of ether oxygens (including phenoxy) is 2.